The molecule has 0 saturated carbocycles. The molecule has 1 unspecified atom stereocenters. The van der Waals surface area contributed by atoms with Gasteiger partial charge in [-0.1, -0.05) is 43.9 Å². The van der Waals surface area contributed by atoms with Gasteiger partial charge in [-0.3, -0.25) is 14.5 Å². The molecule has 4 aromatic rings. The van der Waals surface area contributed by atoms with Gasteiger partial charge in [0.25, 0.3) is 5.91 Å². The molecule has 0 fully saturated rings. The number of thiazole rings is 1. The molecule has 0 spiro atoms. The minimum absolute atomic E-state index is 0.00976. The molecule has 1 aliphatic heterocycles. The second kappa shape index (κ2) is 10.8. The summed E-state index contributed by atoms with van der Waals surface area (Å²) in [6.45, 7) is 6.60. The number of ether oxygens (including phenoxy) is 2. The predicted octanol–water partition coefficient (Wildman–Crippen LogP) is 7.24. The largest absolute Gasteiger partial charge is 0.493 e. The molecule has 38 heavy (non-hydrogen) atoms. The highest BCUT2D eigenvalue weighted by Crippen LogP contribution is 2.44. The van der Waals surface area contributed by atoms with Crippen LogP contribution in [0.5, 0.6) is 11.5 Å². The normalized spacial score (nSPS) is 14.8. The number of fused-ring (bicyclic) bond motifs is 2. The zero-order chi connectivity index (χ0) is 27.0. The van der Waals surface area contributed by atoms with Crippen LogP contribution in [-0.4, -0.2) is 24.6 Å². The van der Waals surface area contributed by atoms with E-state index in [4.69, 9.17) is 25.5 Å². The van der Waals surface area contributed by atoms with Gasteiger partial charge >= 0.3 is 0 Å². The average molecular weight is 553 g/mol. The van der Waals surface area contributed by atoms with Crippen LogP contribution in [-0.2, 0) is 0 Å². The Bertz CT molecular complexity index is 1560. The van der Waals surface area contributed by atoms with E-state index in [1.807, 2.05) is 32.0 Å². The van der Waals surface area contributed by atoms with Gasteiger partial charge in [-0.25, -0.2) is 4.98 Å². The summed E-state index contributed by atoms with van der Waals surface area (Å²) in [7, 11) is 1.58. The lowest BCUT2D eigenvalue weighted by atomic mass is 9.98. The Labute approximate surface area is 230 Å². The summed E-state index contributed by atoms with van der Waals surface area (Å²) in [6.07, 6.45) is 4.38. The molecule has 0 radical (unpaired) electrons. The van der Waals surface area contributed by atoms with E-state index in [9.17, 15) is 9.59 Å². The molecule has 0 N–H and O–H groups in total. The van der Waals surface area contributed by atoms with Crippen molar-refractivity contribution in [1.29, 1.82) is 0 Å². The van der Waals surface area contributed by atoms with E-state index < -0.39 is 11.9 Å². The van der Waals surface area contributed by atoms with E-state index in [0.717, 1.165) is 29.8 Å². The lowest BCUT2D eigenvalue weighted by Crippen LogP contribution is -2.29. The maximum absolute atomic E-state index is 13.8. The number of anilines is 1. The molecule has 0 saturated heterocycles. The molecule has 1 aliphatic rings. The van der Waals surface area contributed by atoms with Crippen LogP contribution in [0.25, 0.3) is 11.0 Å². The molecular weight excluding hydrogens is 524 g/mol. The predicted molar refractivity (Wildman–Crippen MR) is 150 cm³/mol. The number of unbranched alkanes of at least 4 members (excludes halogenated alkanes) is 3. The molecule has 9 heteroatoms. The smallest absolute Gasteiger partial charge is 0.297 e. The molecule has 1 amide bonds. The fraction of sp³-hybridized carbons (Fsp3) is 0.345. The summed E-state index contributed by atoms with van der Waals surface area (Å²) in [4.78, 5) is 34.8. The molecular formula is C29H29ClN2O5S. The van der Waals surface area contributed by atoms with Crippen molar-refractivity contribution in [2.45, 2.75) is 52.5 Å². The highest BCUT2D eigenvalue weighted by molar-refractivity contribution is 7.15. The van der Waals surface area contributed by atoms with Crippen molar-refractivity contribution in [2.24, 2.45) is 0 Å². The lowest BCUT2D eigenvalue weighted by Gasteiger charge is -2.23. The Balaban J connectivity index is 1.63. The molecule has 3 heterocycles. The van der Waals surface area contributed by atoms with Crippen molar-refractivity contribution in [3.8, 4) is 11.5 Å². The standard InChI is InChI=1S/C29H29ClN2O5S/c1-5-6-7-8-13-36-22-11-9-18(14-23(22)35-4)25-24-26(33)20-15-19(30)10-12-21(20)37-27(24)28(34)32(25)29-31-16(2)17(3)38-29/h9-12,14-15,25H,5-8,13H2,1-4H3. The van der Waals surface area contributed by atoms with Gasteiger partial charge in [0.05, 0.1) is 36.4 Å². The Morgan fingerprint density at radius 2 is 1.89 bits per heavy atom. The van der Waals surface area contributed by atoms with Gasteiger partial charge in [0.1, 0.15) is 5.58 Å². The molecule has 0 bridgehead atoms. The van der Waals surface area contributed by atoms with Crippen LogP contribution >= 0.6 is 22.9 Å². The van der Waals surface area contributed by atoms with Crippen LogP contribution in [0.15, 0.2) is 45.6 Å². The summed E-state index contributed by atoms with van der Waals surface area (Å²) in [5.41, 5.74) is 1.78. The van der Waals surface area contributed by atoms with Gasteiger partial charge in [0.2, 0.25) is 5.76 Å². The van der Waals surface area contributed by atoms with E-state index in [2.05, 4.69) is 11.9 Å². The number of rotatable bonds is 9. The quantitative estimate of drug-likeness (QED) is 0.204. The van der Waals surface area contributed by atoms with Crippen LogP contribution in [0, 0.1) is 13.8 Å². The van der Waals surface area contributed by atoms with Crippen molar-refractivity contribution in [1.82, 2.24) is 4.98 Å². The van der Waals surface area contributed by atoms with Crippen LogP contribution in [0.3, 0.4) is 0 Å². The minimum atomic E-state index is -0.755. The number of carbonyl (C=O) groups is 1. The molecule has 2 aromatic carbocycles. The van der Waals surface area contributed by atoms with Gasteiger partial charge in [-0.05, 0) is 56.2 Å². The molecule has 0 aliphatic carbocycles. The zero-order valence-corrected chi connectivity index (χ0v) is 23.4. The third-order valence-corrected chi connectivity index (χ3v) is 8.12. The number of hydrogen-bond acceptors (Lipinski definition) is 7. The summed E-state index contributed by atoms with van der Waals surface area (Å²) < 4.78 is 17.7. The number of aromatic nitrogens is 1. The molecule has 198 valence electrons. The van der Waals surface area contributed by atoms with E-state index in [1.165, 1.54) is 17.8 Å². The Hall–Kier alpha value is -3.36. The number of hydrogen-bond donors (Lipinski definition) is 0. The van der Waals surface area contributed by atoms with Crippen LogP contribution in [0.4, 0.5) is 5.13 Å². The van der Waals surface area contributed by atoms with E-state index in [1.54, 1.807) is 30.2 Å². The number of halogens is 1. The fourth-order valence-corrected chi connectivity index (χ4v) is 5.81. The Morgan fingerprint density at radius 3 is 2.61 bits per heavy atom. The summed E-state index contributed by atoms with van der Waals surface area (Å²) in [5, 5.41) is 1.23. The van der Waals surface area contributed by atoms with E-state index in [0.29, 0.717) is 44.8 Å². The molecule has 5 rings (SSSR count). The van der Waals surface area contributed by atoms with Gasteiger partial charge in [0.15, 0.2) is 22.1 Å². The second-order valence-electron chi connectivity index (χ2n) is 9.35. The maximum atomic E-state index is 13.8. The van der Waals surface area contributed by atoms with E-state index >= 15 is 0 Å². The Kier molecular flexibility index (Phi) is 7.45. The highest BCUT2D eigenvalue weighted by atomic mass is 35.5. The summed E-state index contributed by atoms with van der Waals surface area (Å²) >= 11 is 7.60. The van der Waals surface area contributed by atoms with Crippen molar-refractivity contribution in [2.75, 3.05) is 18.6 Å². The van der Waals surface area contributed by atoms with Crippen molar-refractivity contribution >= 4 is 44.9 Å². The van der Waals surface area contributed by atoms with Gasteiger partial charge < -0.3 is 13.9 Å². The Morgan fingerprint density at radius 1 is 1.08 bits per heavy atom. The first-order chi connectivity index (χ1) is 18.3. The number of benzene rings is 2. The third kappa shape index (κ3) is 4.67. The van der Waals surface area contributed by atoms with Crippen LogP contribution in [0.2, 0.25) is 5.02 Å². The first kappa shape index (κ1) is 26.3. The number of amides is 1. The first-order valence-electron chi connectivity index (χ1n) is 12.7. The van der Waals surface area contributed by atoms with E-state index in [-0.39, 0.29) is 16.8 Å². The topological polar surface area (TPSA) is 81.9 Å². The third-order valence-electron chi connectivity index (χ3n) is 6.81. The molecule has 7 nitrogen and oxygen atoms in total. The molecule has 2 aromatic heterocycles. The zero-order valence-electron chi connectivity index (χ0n) is 21.8. The van der Waals surface area contributed by atoms with Crippen molar-refractivity contribution < 1.29 is 18.7 Å². The fourth-order valence-electron chi connectivity index (χ4n) is 4.70. The number of aryl methyl sites for hydroxylation is 2. The van der Waals surface area contributed by atoms with Gasteiger partial charge in [-0.2, -0.15) is 0 Å². The van der Waals surface area contributed by atoms with Gasteiger partial charge in [-0.15, -0.1) is 11.3 Å². The maximum Gasteiger partial charge on any atom is 0.297 e. The number of carbonyl (C=O) groups excluding carboxylic acids is 1. The second-order valence-corrected chi connectivity index (χ2v) is 11.0. The monoisotopic (exact) mass is 552 g/mol. The summed E-state index contributed by atoms with van der Waals surface area (Å²) in [5.74, 6) is 0.735. The summed E-state index contributed by atoms with van der Waals surface area (Å²) in [6, 6.07) is 9.56. The highest BCUT2D eigenvalue weighted by Gasteiger charge is 2.45. The molecule has 1 atom stereocenters. The number of methoxy groups -OCH3 is 1. The lowest BCUT2D eigenvalue weighted by molar-refractivity contribution is 0.0971. The van der Waals surface area contributed by atoms with Crippen LogP contribution < -0.4 is 19.8 Å². The SMILES string of the molecule is CCCCCCOc1ccc(C2c3c(oc4ccc(Cl)cc4c3=O)C(=O)N2c2nc(C)c(C)s2)cc1OC. The minimum Gasteiger partial charge on any atom is -0.493 e. The van der Waals surface area contributed by atoms with Crippen molar-refractivity contribution in [3.63, 3.8) is 0 Å². The number of nitrogens with zero attached hydrogens (tertiary/aromatic N) is 2. The average Bonchev–Trinajstić information content (AvgIpc) is 3.39. The van der Waals surface area contributed by atoms with Gasteiger partial charge in [0, 0.05) is 9.90 Å². The van der Waals surface area contributed by atoms with Crippen molar-refractivity contribution in [3.05, 3.63) is 79.1 Å². The van der Waals surface area contributed by atoms with Crippen LogP contribution in [0.1, 0.15) is 70.9 Å². The first-order valence-corrected chi connectivity index (χ1v) is 13.9.